The first-order chi connectivity index (χ1) is 24.1. The van der Waals surface area contributed by atoms with Crippen molar-refractivity contribution < 1.29 is 44.1 Å². The number of benzene rings is 3. The van der Waals surface area contributed by atoms with E-state index in [-0.39, 0.29) is 87.8 Å². The number of fused-ring (bicyclic) bond motifs is 6. The lowest BCUT2D eigenvalue weighted by molar-refractivity contribution is 0.0685. The van der Waals surface area contributed by atoms with Crippen molar-refractivity contribution in [3.05, 3.63) is 88.0 Å². The monoisotopic (exact) mass is 699 g/mol. The first kappa shape index (κ1) is 38.3. The second-order valence-electron chi connectivity index (χ2n) is 13.5. The molecule has 12 heteroatoms. The molecular weight excluding hydrogens is 654 g/mol. The lowest BCUT2D eigenvalue weighted by Gasteiger charge is -2.29. The largest absolute Gasteiger partial charge is 0.478 e. The molecule has 1 aliphatic rings. The normalized spacial score (nSPS) is 15.2. The van der Waals surface area contributed by atoms with E-state index in [1.54, 1.807) is 0 Å². The van der Waals surface area contributed by atoms with Crippen molar-refractivity contribution in [2.45, 2.75) is 60.8 Å². The SMILES string of the molecule is CC[C@@H](C)CN1C(=O)c2cc(C(=O)O)cc(c2)N(C[C@H](C)CC)C(=O)c2cc(C(=O)O)cc(c2)N(C[C@H](C)CC)C(=O)c2cc(C(=O)O)cc1c2. The summed E-state index contributed by atoms with van der Waals surface area (Å²) in [5, 5.41) is 30.4. The van der Waals surface area contributed by atoms with Gasteiger partial charge in [0.15, 0.2) is 0 Å². The zero-order valence-electron chi connectivity index (χ0n) is 29.8. The maximum atomic E-state index is 14.5. The van der Waals surface area contributed by atoms with Crippen LogP contribution in [0.15, 0.2) is 54.6 Å². The third-order valence-electron chi connectivity index (χ3n) is 9.48. The third-order valence-corrected chi connectivity index (χ3v) is 9.48. The summed E-state index contributed by atoms with van der Waals surface area (Å²) in [6.07, 6.45) is 1.95. The molecule has 3 aromatic rings. The quantitative estimate of drug-likeness (QED) is 0.177. The summed E-state index contributed by atoms with van der Waals surface area (Å²) in [7, 11) is 0. The number of carboxylic acid groups (broad SMARTS) is 3. The fourth-order valence-corrected chi connectivity index (χ4v) is 5.75. The van der Waals surface area contributed by atoms with E-state index in [9.17, 15) is 44.1 Å². The molecule has 0 fully saturated rings. The molecule has 1 heterocycles. The number of rotatable bonds is 12. The fraction of sp³-hybridized carbons (Fsp3) is 0.385. The van der Waals surface area contributed by atoms with Crippen molar-refractivity contribution in [1.82, 2.24) is 0 Å². The Morgan fingerprint density at radius 1 is 0.471 bits per heavy atom. The number of anilines is 3. The Balaban J connectivity index is 2.18. The van der Waals surface area contributed by atoms with Crippen LogP contribution in [0.5, 0.6) is 0 Å². The van der Waals surface area contributed by atoms with E-state index in [1.807, 2.05) is 41.5 Å². The molecule has 270 valence electrons. The van der Waals surface area contributed by atoms with E-state index >= 15 is 0 Å². The second kappa shape index (κ2) is 16.0. The predicted octanol–water partition coefficient (Wildman–Crippen LogP) is 7.17. The first-order valence-corrected chi connectivity index (χ1v) is 17.2. The summed E-state index contributed by atoms with van der Waals surface area (Å²) in [5.41, 5.74) is -0.683. The van der Waals surface area contributed by atoms with Gasteiger partial charge in [0.1, 0.15) is 0 Å². The Bertz CT molecular complexity index is 1660. The van der Waals surface area contributed by atoms with Gasteiger partial charge in [-0.15, -0.1) is 0 Å². The highest BCUT2D eigenvalue weighted by molar-refractivity contribution is 6.14. The number of nitrogens with zero attached hydrogens (tertiary/aromatic N) is 3. The molecule has 0 saturated heterocycles. The van der Waals surface area contributed by atoms with E-state index in [1.165, 1.54) is 69.3 Å². The second-order valence-corrected chi connectivity index (χ2v) is 13.5. The first-order valence-electron chi connectivity index (χ1n) is 17.2. The van der Waals surface area contributed by atoms with Crippen LogP contribution < -0.4 is 14.7 Å². The zero-order valence-corrected chi connectivity index (χ0v) is 29.8. The van der Waals surface area contributed by atoms with Crippen LogP contribution in [0.3, 0.4) is 0 Å². The van der Waals surface area contributed by atoms with Gasteiger partial charge in [0.25, 0.3) is 17.7 Å². The Hall–Kier alpha value is -5.52. The molecule has 0 radical (unpaired) electrons. The van der Waals surface area contributed by atoms with Gasteiger partial charge >= 0.3 is 17.9 Å². The molecule has 0 unspecified atom stereocenters. The highest BCUT2D eigenvalue weighted by atomic mass is 16.4. The average molecular weight is 700 g/mol. The molecule has 4 rings (SSSR count). The molecule has 3 N–H and O–H groups in total. The van der Waals surface area contributed by atoms with Crippen molar-refractivity contribution in [2.24, 2.45) is 17.8 Å². The van der Waals surface area contributed by atoms with E-state index in [2.05, 4.69) is 0 Å². The number of carboxylic acids is 3. The molecule has 51 heavy (non-hydrogen) atoms. The summed E-state index contributed by atoms with van der Waals surface area (Å²) in [4.78, 5) is 85.0. The predicted molar refractivity (Wildman–Crippen MR) is 194 cm³/mol. The molecule has 1 aliphatic heterocycles. The molecule has 0 aliphatic carbocycles. The minimum Gasteiger partial charge on any atom is -0.478 e. The number of hydrogen-bond donors (Lipinski definition) is 3. The fourth-order valence-electron chi connectivity index (χ4n) is 5.75. The van der Waals surface area contributed by atoms with Crippen LogP contribution in [0, 0.1) is 17.8 Å². The maximum Gasteiger partial charge on any atom is 0.335 e. The van der Waals surface area contributed by atoms with Crippen molar-refractivity contribution in [3.63, 3.8) is 0 Å². The summed E-state index contributed by atoms with van der Waals surface area (Å²) in [5.74, 6) is -6.27. The van der Waals surface area contributed by atoms with Gasteiger partial charge in [-0.2, -0.15) is 0 Å². The summed E-state index contributed by atoms with van der Waals surface area (Å²) in [6, 6.07) is 11.7. The molecule has 0 aromatic heterocycles. The maximum absolute atomic E-state index is 14.5. The van der Waals surface area contributed by atoms with Crippen LogP contribution in [0.1, 0.15) is 123 Å². The Labute approximate surface area is 297 Å². The standard InChI is InChI=1S/C39H45N3O9/c1-7-22(4)19-40-31-13-26(11-28(16-31)37(46)47)35(44)42(21-24(6)9-3)33-15-27(12-30(18-33)39(50)51)36(45)41(20-23(5)8-2)32-14-25(34(40)43)10-29(17-32)38(48)49/h10-18,22-24H,7-9,19-21H2,1-6H3,(H,46,47)(H,48,49)(H,50,51)/t22-,23-,24-/m1/s1. The van der Waals surface area contributed by atoms with E-state index < -0.39 is 35.6 Å². The van der Waals surface area contributed by atoms with Gasteiger partial charge in [-0.05, 0) is 72.4 Å². The molecule has 0 spiro atoms. The highest BCUT2D eigenvalue weighted by Crippen LogP contribution is 2.32. The lowest BCUT2D eigenvalue weighted by atomic mass is 10.0. The molecular formula is C39H45N3O9. The summed E-state index contributed by atoms with van der Waals surface area (Å²) >= 11 is 0. The van der Waals surface area contributed by atoms with Crippen LogP contribution in [0.2, 0.25) is 0 Å². The molecule has 6 bridgehead atoms. The topological polar surface area (TPSA) is 173 Å². The van der Waals surface area contributed by atoms with Gasteiger partial charge in [0.2, 0.25) is 0 Å². The van der Waals surface area contributed by atoms with Crippen molar-refractivity contribution in [2.75, 3.05) is 34.3 Å². The molecule has 3 amide bonds. The number of hydrogen-bond acceptors (Lipinski definition) is 6. The molecule has 3 atom stereocenters. The average Bonchev–Trinajstić information content (AvgIpc) is 3.12. The van der Waals surface area contributed by atoms with Gasteiger partial charge in [-0.25, -0.2) is 14.4 Å². The van der Waals surface area contributed by atoms with Crippen LogP contribution in [-0.2, 0) is 0 Å². The number of carbonyl (C=O) groups excluding carboxylic acids is 3. The molecule has 3 aromatic carbocycles. The lowest BCUT2D eigenvalue weighted by Crippen LogP contribution is -2.37. The van der Waals surface area contributed by atoms with Crippen molar-refractivity contribution in [1.29, 1.82) is 0 Å². The van der Waals surface area contributed by atoms with E-state index in [4.69, 9.17) is 0 Å². The summed E-state index contributed by atoms with van der Waals surface area (Å²) in [6.45, 7) is 11.8. The van der Waals surface area contributed by atoms with Gasteiger partial charge in [-0.1, -0.05) is 60.8 Å². The van der Waals surface area contributed by atoms with Gasteiger partial charge < -0.3 is 30.0 Å². The number of aromatic carboxylic acids is 3. The number of carbonyl (C=O) groups is 6. The minimum atomic E-state index is -1.34. The Kier molecular flexibility index (Phi) is 12.0. The summed E-state index contributed by atoms with van der Waals surface area (Å²) < 4.78 is 0. The smallest absolute Gasteiger partial charge is 0.335 e. The molecule has 12 nitrogen and oxygen atoms in total. The van der Waals surface area contributed by atoms with E-state index in [0.717, 1.165) is 0 Å². The van der Waals surface area contributed by atoms with Gasteiger partial charge in [0, 0.05) is 53.4 Å². The van der Waals surface area contributed by atoms with E-state index in [0.29, 0.717) is 19.3 Å². The zero-order chi connectivity index (χ0) is 37.7. The Morgan fingerprint density at radius 2 is 0.706 bits per heavy atom. The van der Waals surface area contributed by atoms with Gasteiger partial charge in [-0.3, -0.25) is 14.4 Å². The minimum absolute atomic E-state index is 0.0722. The Morgan fingerprint density at radius 3 is 0.902 bits per heavy atom. The van der Waals surface area contributed by atoms with Crippen LogP contribution in [-0.4, -0.2) is 70.6 Å². The van der Waals surface area contributed by atoms with Crippen LogP contribution in [0.25, 0.3) is 0 Å². The van der Waals surface area contributed by atoms with Gasteiger partial charge in [0.05, 0.1) is 16.7 Å². The molecule has 0 saturated carbocycles. The van der Waals surface area contributed by atoms with Crippen molar-refractivity contribution in [3.8, 4) is 0 Å². The third kappa shape index (κ3) is 8.62. The van der Waals surface area contributed by atoms with Crippen LogP contribution in [0.4, 0.5) is 17.1 Å². The number of amides is 3. The van der Waals surface area contributed by atoms with Crippen LogP contribution >= 0.6 is 0 Å². The van der Waals surface area contributed by atoms with Crippen molar-refractivity contribution >= 4 is 52.7 Å². The highest BCUT2D eigenvalue weighted by Gasteiger charge is 2.30.